The molecular formula is C19H20ClN3O2. The SMILES string of the molecule is COc1ccc2c(c1)C(CCNC(=O)Nc1cccc(Cl)c1)=NCC2. The molecule has 0 atom stereocenters. The smallest absolute Gasteiger partial charge is 0.319 e. The van der Waals surface area contributed by atoms with Gasteiger partial charge in [0.05, 0.1) is 7.11 Å². The monoisotopic (exact) mass is 357 g/mol. The zero-order valence-electron chi connectivity index (χ0n) is 14.0. The predicted octanol–water partition coefficient (Wildman–Crippen LogP) is 3.91. The first kappa shape index (κ1) is 17.3. The maximum Gasteiger partial charge on any atom is 0.319 e. The number of carbonyl (C=O) groups is 1. The van der Waals surface area contributed by atoms with Crippen LogP contribution >= 0.6 is 11.6 Å². The molecule has 0 saturated heterocycles. The van der Waals surface area contributed by atoms with Gasteiger partial charge in [-0.25, -0.2) is 4.79 Å². The summed E-state index contributed by atoms with van der Waals surface area (Å²) in [7, 11) is 1.66. The molecule has 0 fully saturated rings. The summed E-state index contributed by atoms with van der Waals surface area (Å²) in [6.07, 6.45) is 1.61. The predicted molar refractivity (Wildman–Crippen MR) is 101 cm³/mol. The molecule has 0 aromatic heterocycles. The first-order valence-electron chi connectivity index (χ1n) is 8.17. The Hall–Kier alpha value is -2.53. The largest absolute Gasteiger partial charge is 0.497 e. The van der Waals surface area contributed by atoms with E-state index in [2.05, 4.69) is 21.7 Å². The Morgan fingerprint density at radius 1 is 1.28 bits per heavy atom. The summed E-state index contributed by atoms with van der Waals surface area (Å²) in [4.78, 5) is 16.6. The molecule has 1 aliphatic rings. The Kier molecular flexibility index (Phi) is 5.56. The van der Waals surface area contributed by atoms with Crippen molar-refractivity contribution in [3.8, 4) is 5.75 Å². The fourth-order valence-electron chi connectivity index (χ4n) is 2.82. The molecule has 130 valence electrons. The van der Waals surface area contributed by atoms with E-state index in [4.69, 9.17) is 16.3 Å². The third kappa shape index (κ3) is 4.51. The van der Waals surface area contributed by atoms with Gasteiger partial charge in [0.15, 0.2) is 0 Å². The first-order chi connectivity index (χ1) is 12.2. The third-order valence-corrected chi connectivity index (χ3v) is 4.28. The lowest BCUT2D eigenvalue weighted by Crippen LogP contribution is -2.31. The maximum atomic E-state index is 12.0. The van der Waals surface area contributed by atoms with Crippen molar-refractivity contribution in [1.82, 2.24) is 5.32 Å². The molecular weight excluding hydrogens is 338 g/mol. The number of anilines is 1. The van der Waals surface area contributed by atoms with E-state index in [9.17, 15) is 4.79 Å². The molecule has 0 radical (unpaired) electrons. The van der Waals surface area contributed by atoms with Gasteiger partial charge in [-0.3, -0.25) is 4.99 Å². The number of carbonyl (C=O) groups excluding carboxylic acids is 1. The standard InChI is InChI=1S/C19H20ClN3O2/c1-25-16-6-5-13-7-9-21-18(17(13)12-16)8-10-22-19(24)23-15-4-2-3-14(20)11-15/h2-6,11-12H,7-10H2,1H3,(H2,22,23,24). The number of nitrogens with one attached hydrogen (secondary N) is 2. The molecule has 0 spiro atoms. The van der Waals surface area contributed by atoms with Crippen LogP contribution in [0.4, 0.5) is 10.5 Å². The minimum absolute atomic E-state index is 0.260. The van der Waals surface area contributed by atoms with E-state index in [1.807, 2.05) is 12.1 Å². The van der Waals surface area contributed by atoms with Crippen molar-refractivity contribution in [2.24, 2.45) is 4.99 Å². The van der Waals surface area contributed by atoms with Gasteiger partial charge in [-0.15, -0.1) is 0 Å². The van der Waals surface area contributed by atoms with Crippen molar-refractivity contribution in [2.75, 3.05) is 25.5 Å². The third-order valence-electron chi connectivity index (χ3n) is 4.04. The van der Waals surface area contributed by atoms with Gasteiger partial charge < -0.3 is 15.4 Å². The maximum absolute atomic E-state index is 12.0. The number of nitrogens with zero attached hydrogens (tertiary/aromatic N) is 1. The summed E-state index contributed by atoms with van der Waals surface area (Å²) in [6, 6.07) is 12.9. The summed E-state index contributed by atoms with van der Waals surface area (Å²) in [6.45, 7) is 1.28. The molecule has 0 bridgehead atoms. The lowest BCUT2D eigenvalue weighted by atomic mass is 9.95. The molecule has 0 unspecified atom stereocenters. The molecule has 25 heavy (non-hydrogen) atoms. The van der Waals surface area contributed by atoms with Gasteiger partial charge in [-0.2, -0.15) is 0 Å². The second kappa shape index (κ2) is 8.03. The highest BCUT2D eigenvalue weighted by molar-refractivity contribution is 6.30. The average molecular weight is 358 g/mol. The Balaban J connectivity index is 1.56. The summed E-state index contributed by atoms with van der Waals surface area (Å²) >= 11 is 5.91. The lowest BCUT2D eigenvalue weighted by molar-refractivity contribution is 0.252. The normalized spacial score (nSPS) is 12.8. The second-order valence-corrected chi connectivity index (χ2v) is 6.18. The van der Waals surface area contributed by atoms with Crippen molar-refractivity contribution < 1.29 is 9.53 Å². The zero-order valence-corrected chi connectivity index (χ0v) is 14.8. The summed E-state index contributed by atoms with van der Waals surface area (Å²) in [5, 5.41) is 6.20. The van der Waals surface area contributed by atoms with E-state index in [-0.39, 0.29) is 6.03 Å². The minimum Gasteiger partial charge on any atom is -0.497 e. The van der Waals surface area contributed by atoms with E-state index in [1.54, 1.807) is 31.4 Å². The molecule has 6 heteroatoms. The molecule has 0 aliphatic carbocycles. The number of benzene rings is 2. The van der Waals surface area contributed by atoms with Crippen LogP contribution in [0.25, 0.3) is 0 Å². The van der Waals surface area contributed by atoms with Crippen molar-refractivity contribution in [3.63, 3.8) is 0 Å². The number of rotatable bonds is 5. The molecule has 2 aromatic rings. The summed E-state index contributed by atoms with van der Waals surface area (Å²) < 4.78 is 5.30. The number of hydrogen-bond acceptors (Lipinski definition) is 3. The van der Waals surface area contributed by atoms with Crippen LogP contribution in [0.1, 0.15) is 17.5 Å². The number of urea groups is 1. The quantitative estimate of drug-likeness (QED) is 0.852. The van der Waals surface area contributed by atoms with Crippen LogP contribution in [0.15, 0.2) is 47.5 Å². The van der Waals surface area contributed by atoms with E-state index >= 15 is 0 Å². The molecule has 2 aromatic carbocycles. The molecule has 2 N–H and O–H groups in total. The number of amides is 2. The van der Waals surface area contributed by atoms with Crippen LogP contribution in [0.3, 0.4) is 0 Å². The van der Waals surface area contributed by atoms with Gasteiger partial charge in [0, 0.05) is 41.5 Å². The average Bonchev–Trinajstić information content (AvgIpc) is 2.61. The van der Waals surface area contributed by atoms with Crippen molar-refractivity contribution in [2.45, 2.75) is 12.8 Å². The van der Waals surface area contributed by atoms with E-state index in [0.717, 1.165) is 30.0 Å². The van der Waals surface area contributed by atoms with Crippen LogP contribution in [0.2, 0.25) is 5.02 Å². The Morgan fingerprint density at radius 2 is 2.16 bits per heavy atom. The van der Waals surface area contributed by atoms with Crippen LogP contribution in [-0.2, 0) is 6.42 Å². The summed E-state index contributed by atoms with van der Waals surface area (Å²) in [5.41, 5.74) is 4.05. The van der Waals surface area contributed by atoms with Crippen LogP contribution < -0.4 is 15.4 Å². The lowest BCUT2D eigenvalue weighted by Gasteiger charge is -2.18. The van der Waals surface area contributed by atoms with Gasteiger partial charge in [-0.05, 0) is 42.3 Å². The zero-order chi connectivity index (χ0) is 17.6. The van der Waals surface area contributed by atoms with Gasteiger partial charge in [0.2, 0.25) is 0 Å². The van der Waals surface area contributed by atoms with Gasteiger partial charge >= 0.3 is 6.03 Å². The minimum atomic E-state index is -0.260. The fourth-order valence-corrected chi connectivity index (χ4v) is 3.01. The number of fused-ring (bicyclic) bond motifs is 1. The fraction of sp³-hybridized carbons (Fsp3) is 0.263. The second-order valence-electron chi connectivity index (χ2n) is 5.74. The Morgan fingerprint density at radius 3 is 2.96 bits per heavy atom. The molecule has 3 rings (SSSR count). The van der Waals surface area contributed by atoms with E-state index in [1.165, 1.54) is 5.56 Å². The Labute approximate surface area is 152 Å². The Bertz CT molecular complexity index is 805. The molecule has 1 aliphatic heterocycles. The van der Waals surface area contributed by atoms with Crippen LogP contribution in [0, 0.1) is 0 Å². The summed E-state index contributed by atoms with van der Waals surface area (Å²) in [5.74, 6) is 0.819. The van der Waals surface area contributed by atoms with Crippen molar-refractivity contribution in [1.29, 1.82) is 0 Å². The highest BCUT2D eigenvalue weighted by atomic mass is 35.5. The van der Waals surface area contributed by atoms with E-state index < -0.39 is 0 Å². The molecule has 1 heterocycles. The van der Waals surface area contributed by atoms with Gasteiger partial charge in [0.1, 0.15) is 5.75 Å². The highest BCUT2D eigenvalue weighted by Crippen LogP contribution is 2.23. The molecule has 0 saturated carbocycles. The van der Waals surface area contributed by atoms with Crippen molar-refractivity contribution in [3.05, 3.63) is 58.6 Å². The van der Waals surface area contributed by atoms with Crippen molar-refractivity contribution >= 4 is 29.0 Å². The number of halogens is 1. The highest BCUT2D eigenvalue weighted by Gasteiger charge is 2.15. The molecule has 2 amide bonds. The van der Waals surface area contributed by atoms with Crippen LogP contribution in [0.5, 0.6) is 5.75 Å². The molecule has 5 nitrogen and oxygen atoms in total. The number of ether oxygens (including phenoxy) is 1. The number of aliphatic imine (C=N–C) groups is 1. The van der Waals surface area contributed by atoms with Crippen LogP contribution in [-0.4, -0.2) is 31.9 Å². The number of methoxy groups -OCH3 is 1. The van der Waals surface area contributed by atoms with E-state index in [0.29, 0.717) is 23.7 Å². The van der Waals surface area contributed by atoms with Gasteiger partial charge in [-0.1, -0.05) is 23.7 Å². The first-order valence-corrected chi connectivity index (χ1v) is 8.54. The number of hydrogen-bond donors (Lipinski definition) is 2. The van der Waals surface area contributed by atoms with Gasteiger partial charge in [0.25, 0.3) is 0 Å². The topological polar surface area (TPSA) is 62.7 Å².